The molecule has 1 saturated carbocycles. The van der Waals surface area contributed by atoms with E-state index in [1.54, 1.807) is 6.07 Å². The molecule has 0 N–H and O–H groups in total. The molecule has 2 rings (SSSR count). The van der Waals surface area contributed by atoms with Crippen LogP contribution in [0, 0.1) is 5.92 Å². The lowest BCUT2D eigenvalue weighted by Gasteiger charge is -2.20. The molecule has 1 aromatic carbocycles. The molecule has 0 unspecified atom stereocenters. The summed E-state index contributed by atoms with van der Waals surface area (Å²) in [5, 5.41) is 0.613. The predicted molar refractivity (Wildman–Crippen MR) is 70.1 cm³/mol. The molecular weight excluding hydrogens is 287 g/mol. The second-order valence-corrected chi connectivity index (χ2v) is 5.59. The first-order valence-corrected chi connectivity index (χ1v) is 6.85. The third-order valence-corrected chi connectivity index (χ3v) is 4.41. The first-order chi connectivity index (χ1) is 7.68. The molecule has 0 saturated heterocycles. The molecule has 1 fully saturated rings. The van der Waals surface area contributed by atoms with Crippen molar-refractivity contribution >= 4 is 33.3 Å². The van der Waals surface area contributed by atoms with Gasteiger partial charge in [-0.3, -0.25) is 4.79 Å². The molecule has 1 aliphatic rings. The molecule has 0 bridgehead atoms. The molecule has 16 heavy (non-hydrogen) atoms. The topological polar surface area (TPSA) is 17.1 Å². The fourth-order valence-electron chi connectivity index (χ4n) is 2.25. The van der Waals surface area contributed by atoms with Gasteiger partial charge in [0.1, 0.15) is 0 Å². The molecule has 86 valence electrons. The quantitative estimate of drug-likeness (QED) is 0.713. The lowest BCUT2D eigenvalue weighted by atomic mass is 9.84. The van der Waals surface area contributed by atoms with Crippen molar-refractivity contribution in [3.05, 3.63) is 33.3 Å². The first kappa shape index (κ1) is 12.1. The van der Waals surface area contributed by atoms with E-state index in [4.69, 9.17) is 11.6 Å². The summed E-state index contributed by atoms with van der Waals surface area (Å²) in [4.78, 5) is 12.2. The zero-order chi connectivity index (χ0) is 11.5. The number of hydrogen-bond donors (Lipinski definition) is 0. The summed E-state index contributed by atoms with van der Waals surface area (Å²) in [5.74, 6) is 0.472. The second-order valence-electron chi connectivity index (χ2n) is 4.33. The zero-order valence-electron chi connectivity index (χ0n) is 9.01. The number of halogens is 2. The highest BCUT2D eigenvalue weighted by atomic mass is 79.9. The van der Waals surface area contributed by atoms with Crippen molar-refractivity contribution in [2.75, 3.05) is 0 Å². The maximum atomic E-state index is 12.2. The molecule has 0 aliphatic heterocycles. The Morgan fingerprint density at radius 2 is 1.94 bits per heavy atom. The van der Waals surface area contributed by atoms with Crippen molar-refractivity contribution in [1.29, 1.82) is 0 Å². The van der Waals surface area contributed by atoms with Gasteiger partial charge in [0.25, 0.3) is 0 Å². The van der Waals surface area contributed by atoms with Crippen molar-refractivity contribution in [2.45, 2.75) is 32.1 Å². The summed E-state index contributed by atoms with van der Waals surface area (Å²) < 4.78 is 0.842. The van der Waals surface area contributed by atoms with Crippen molar-refractivity contribution in [3.8, 4) is 0 Å². The van der Waals surface area contributed by atoms with E-state index in [-0.39, 0.29) is 11.7 Å². The average Bonchev–Trinajstić information content (AvgIpc) is 2.33. The average molecular weight is 302 g/mol. The first-order valence-electron chi connectivity index (χ1n) is 5.68. The number of carbonyl (C=O) groups is 1. The molecule has 1 aromatic rings. The Bertz CT molecular complexity index is 397. The van der Waals surface area contributed by atoms with Crippen LogP contribution in [0.5, 0.6) is 0 Å². The molecule has 1 nitrogen and oxygen atoms in total. The Hall–Kier alpha value is -0.340. The molecular formula is C13H14BrClO. The highest BCUT2D eigenvalue weighted by Crippen LogP contribution is 2.29. The predicted octanol–water partition coefficient (Wildman–Crippen LogP) is 4.87. The number of Topliss-reactive ketones (excluding diaryl/α,β-unsaturated/α-hetero) is 1. The molecule has 0 amide bonds. The van der Waals surface area contributed by atoms with Gasteiger partial charge in [-0.2, -0.15) is 0 Å². The summed E-state index contributed by atoms with van der Waals surface area (Å²) >= 11 is 9.33. The Labute approximate surface area is 109 Å². The fourth-order valence-corrected chi connectivity index (χ4v) is 2.68. The smallest absolute Gasteiger partial charge is 0.165 e. The SMILES string of the molecule is O=C(c1ccc(Br)c(Cl)c1)C1CCCCC1. The maximum absolute atomic E-state index is 12.2. The van der Waals surface area contributed by atoms with E-state index in [1.165, 1.54) is 19.3 Å². The van der Waals surface area contributed by atoms with Gasteiger partial charge >= 0.3 is 0 Å². The van der Waals surface area contributed by atoms with Crippen molar-refractivity contribution in [1.82, 2.24) is 0 Å². The van der Waals surface area contributed by atoms with E-state index in [0.29, 0.717) is 5.02 Å². The van der Waals surface area contributed by atoms with E-state index in [2.05, 4.69) is 15.9 Å². The number of hydrogen-bond acceptors (Lipinski definition) is 1. The second kappa shape index (κ2) is 5.33. The van der Waals surface area contributed by atoms with E-state index in [0.717, 1.165) is 22.9 Å². The van der Waals surface area contributed by atoms with E-state index in [1.807, 2.05) is 12.1 Å². The van der Waals surface area contributed by atoms with Crippen molar-refractivity contribution in [2.24, 2.45) is 5.92 Å². The number of benzene rings is 1. The Morgan fingerprint density at radius 1 is 1.25 bits per heavy atom. The van der Waals surface area contributed by atoms with Gasteiger partial charge < -0.3 is 0 Å². The van der Waals surface area contributed by atoms with Crippen LogP contribution in [0.15, 0.2) is 22.7 Å². The van der Waals surface area contributed by atoms with Crippen LogP contribution in [0.2, 0.25) is 5.02 Å². The maximum Gasteiger partial charge on any atom is 0.165 e. The molecule has 0 aromatic heterocycles. The Balaban J connectivity index is 2.16. The molecule has 0 heterocycles. The minimum Gasteiger partial charge on any atom is -0.294 e. The van der Waals surface area contributed by atoms with Gasteiger partial charge in [-0.15, -0.1) is 0 Å². The third-order valence-electron chi connectivity index (χ3n) is 3.18. The number of ketones is 1. The lowest BCUT2D eigenvalue weighted by molar-refractivity contribution is 0.0889. The van der Waals surface area contributed by atoms with E-state index < -0.39 is 0 Å². The van der Waals surface area contributed by atoms with Crippen LogP contribution >= 0.6 is 27.5 Å². The molecule has 1 aliphatic carbocycles. The Kier molecular flexibility index (Phi) is 4.04. The highest BCUT2D eigenvalue weighted by molar-refractivity contribution is 9.10. The van der Waals surface area contributed by atoms with Gasteiger partial charge in [-0.1, -0.05) is 36.9 Å². The monoisotopic (exact) mass is 300 g/mol. The minimum absolute atomic E-state index is 0.214. The van der Waals surface area contributed by atoms with Crippen LogP contribution in [0.4, 0.5) is 0 Å². The van der Waals surface area contributed by atoms with Gasteiger partial charge in [0, 0.05) is 16.0 Å². The van der Waals surface area contributed by atoms with Crippen LogP contribution in [-0.2, 0) is 0 Å². The van der Waals surface area contributed by atoms with Crippen molar-refractivity contribution < 1.29 is 4.79 Å². The summed E-state index contributed by atoms with van der Waals surface area (Å²) in [6, 6.07) is 5.47. The third kappa shape index (κ3) is 2.67. The van der Waals surface area contributed by atoms with Gasteiger partial charge in [0.05, 0.1) is 5.02 Å². The lowest BCUT2D eigenvalue weighted by Crippen LogP contribution is -2.17. The normalized spacial score (nSPS) is 17.4. The fraction of sp³-hybridized carbons (Fsp3) is 0.462. The number of carbonyl (C=O) groups excluding carboxylic acids is 1. The van der Waals surface area contributed by atoms with E-state index >= 15 is 0 Å². The molecule has 0 spiro atoms. The Morgan fingerprint density at radius 3 is 2.56 bits per heavy atom. The summed E-state index contributed by atoms with van der Waals surface area (Å²) in [6.07, 6.45) is 5.70. The van der Waals surface area contributed by atoms with Gasteiger partial charge in [0.15, 0.2) is 5.78 Å². The largest absolute Gasteiger partial charge is 0.294 e. The highest BCUT2D eigenvalue weighted by Gasteiger charge is 2.22. The van der Waals surface area contributed by atoms with Gasteiger partial charge in [-0.25, -0.2) is 0 Å². The van der Waals surface area contributed by atoms with Crippen LogP contribution < -0.4 is 0 Å². The van der Waals surface area contributed by atoms with E-state index in [9.17, 15) is 4.79 Å². The van der Waals surface area contributed by atoms with Gasteiger partial charge in [-0.05, 0) is 40.9 Å². The van der Waals surface area contributed by atoms with Gasteiger partial charge in [0.2, 0.25) is 0 Å². The molecule has 0 radical (unpaired) electrons. The summed E-state index contributed by atoms with van der Waals surface area (Å²) in [5.41, 5.74) is 0.750. The summed E-state index contributed by atoms with van der Waals surface area (Å²) in [7, 11) is 0. The van der Waals surface area contributed by atoms with Crippen LogP contribution in [0.25, 0.3) is 0 Å². The summed E-state index contributed by atoms with van der Waals surface area (Å²) in [6.45, 7) is 0. The zero-order valence-corrected chi connectivity index (χ0v) is 11.4. The number of rotatable bonds is 2. The van der Waals surface area contributed by atoms with Crippen LogP contribution in [0.1, 0.15) is 42.5 Å². The minimum atomic E-state index is 0.214. The van der Waals surface area contributed by atoms with Crippen molar-refractivity contribution in [3.63, 3.8) is 0 Å². The molecule has 3 heteroatoms. The molecule has 0 atom stereocenters. The van der Waals surface area contributed by atoms with Crippen LogP contribution in [-0.4, -0.2) is 5.78 Å². The van der Waals surface area contributed by atoms with Crippen LogP contribution in [0.3, 0.4) is 0 Å². The standard InChI is InChI=1S/C13H14BrClO/c14-11-7-6-10(8-12(11)15)13(16)9-4-2-1-3-5-9/h6-9H,1-5H2.